The summed E-state index contributed by atoms with van der Waals surface area (Å²) in [5.74, 6) is 1.81. The molecule has 0 amide bonds. The summed E-state index contributed by atoms with van der Waals surface area (Å²) in [6.07, 6.45) is 7.66. The molecule has 0 N–H and O–H groups in total. The lowest BCUT2D eigenvalue weighted by atomic mass is 9.77. The van der Waals surface area contributed by atoms with Crippen molar-refractivity contribution in [1.82, 2.24) is 0 Å². The summed E-state index contributed by atoms with van der Waals surface area (Å²) >= 11 is 0. The Labute approximate surface area is 100 Å². The molecular weight excluding hydrogens is 196 g/mol. The summed E-state index contributed by atoms with van der Waals surface area (Å²) < 4.78 is 0. The van der Waals surface area contributed by atoms with E-state index in [1.807, 2.05) is 20.8 Å². The van der Waals surface area contributed by atoms with Gasteiger partial charge in [0.15, 0.2) is 5.78 Å². The Morgan fingerprint density at radius 2 is 1.56 bits per heavy atom. The van der Waals surface area contributed by atoms with Gasteiger partial charge in [0.1, 0.15) is 0 Å². The van der Waals surface area contributed by atoms with E-state index in [1.165, 1.54) is 37.7 Å². The second kappa shape index (κ2) is 6.22. The molecule has 0 radical (unpaired) electrons. The van der Waals surface area contributed by atoms with Crippen molar-refractivity contribution >= 4 is 5.78 Å². The van der Waals surface area contributed by atoms with Crippen LogP contribution in [0.3, 0.4) is 0 Å². The molecule has 0 bridgehead atoms. The smallest absolute Gasteiger partial charge is 0.159 e. The molecule has 1 heteroatoms. The molecule has 0 spiro atoms. The van der Waals surface area contributed by atoms with E-state index < -0.39 is 0 Å². The number of carbonyl (C=O) groups is 1. The van der Waals surface area contributed by atoms with Gasteiger partial charge in [-0.15, -0.1) is 0 Å². The summed E-state index contributed by atoms with van der Waals surface area (Å²) in [6, 6.07) is 0. The van der Waals surface area contributed by atoms with Crippen molar-refractivity contribution in [3.63, 3.8) is 0 Å². The Morgan fingerprint density at radius 3 is 2.00 bits per heavy atom. The Hall–Kier alpha value is -0.590. The molecule has 1 nitrogen and oxygen atoms in total. The van der Waals surface area contributed by atoms with Gasteiger partial charge < -0.3 is 0 Å². The molecule has 0 aromatic heterocycles. The lowest BCUT2D eigenvalue weighted by Gasteiger charge is -2.28. The number of hydrogen-bond donors (Lipinski definition) is 0. The largest absolute Gasteiger partial charge is 0.295 e. The Morgan fingerprint density at radius 1 is 1.00 bits per heavy atom. The maximum Gasteiger partial charge on any atom is 0.159 e. The highest BCUT2D eigenvalue weighted by molar-refractivity contribution is 5.98. The van der Waals surface area contributed by atoms with E-state index in [0.717, 1.165) is 17.9 Å². The molecule has 92 valence electrons. The van der Waals surface area contributed by atoms with E-state index in [0.29, 0.717) is 11.7 Å². The molecule has 2 rings (SSSR count). The van der Waals surface area contributed by atoms with Crippen LogP contribution in [-0.2, 0) is 4.79 Å². The number of Topliss-reactive ketones (excluding diaryl/α,β-unsaturated/α-hetero) is 1. The van der Waals surface area contributed by atoms with Crippen molar-refractivity contribution in [2.24, 2.45) is 11.8 Å². The Balaban J connectivity index is 0.000000606. The molecule has 0 heterocycles. The van der Waals surface area contributed by atoms with Gasteiger partial charge in [0, 0.05) is 6.42 Å². The fraction of sp³-hybridized carbons (Fsp3) is 0.800. The van der Waals surface area contributed by atoms with Crippen molar-refractivity contribution in [3.8, 4) is 0 Å². The molecule has 0 aromatic carbocycles. The van der Waals surface area contributed by atoms with Crippen molar-refractivity contribution in [2.45, 2.75) is 66.2 Å². The van der Waals surface area contributed by atoms with E-state index in [9.17, 15) is 4.79 Å². The number of carbonyl (C=O) groups excluding carboxylic acids is 1. The standard InChI is InChI=1S/C13H20O.C2H6/c1-9-10(2)13(14)8-12(9)11-6-4-3-5-7-11;1-2/h11-12H,3-8H2,1-2H3;1-2H3. The summed E-state index contributed by atoms with van der Waals surface area (Å²) in [5.41, 5.74) is 2.45. The van der Waals surface area contributed by atoms with Crippen LogP contribution in [0.15, 0.2) is 11.1 Å². The second-order valence-corrected chi connectivity index (χ2v) is 4.94. The molecular formula is C15H26O. The first-order chi connectivity index (χ1) is 7.70. The van der Waals surface area contributed by atoms with Gasteiger partial charge in [-0.25, -0.2) is 0 Å². The fourth-order valence-electron chi connectivity index (χ4n) is 3.06. The highest BCUT2D eigenvalue weighted by atomic mass is 16.1. The lowest BCUT2D eigenvalue weighted by Crippen LogP contribution is -2.17. The molecule has 1 unspecified atom stereocenters. The zero-order valence-corrected chi connectivity index (χ0v) is 11.3. The molecule has 0 aliphatic heterocycles. The van der Waals surface area contributed by atoms with Crippen molar-refractivity contribution < 1.29 is 4.79 Å². The third-order valence-corrected chi connectivity index (χ3v) is 4.19. The third-order valence-electron chi connectivity index (χ3n) is 4.19. The van der Waals surface area contributed by atoms with Gasteiger partial charge in [0.05, 0.1) is 0 Å². The SMILES string of the molecule is CC.CC1=C(C)C(C2CCCCC2)CC1=O. The molecule has 2 aliphatic rings. The first kappa shape index (κ1) is 13.5. The average Bonchev–Trinajstić information content (AvgIpc) is 2.61. The summed E-state index contributed by atoms with van der Waals surface area (Å²) in [6.45, 7) is 8.17. The maximum absolute atomic E-state index is 11.6. The minimum Gasteiger partial charge on any atom is -0.295 e. The van der Waals surface area contributed by atoms with Crippen LogP contribution < -0.4 is 0 Å². The van der Waals surface area contributed by atoms with Crippen molar-refractivity contribution in [3.05, 3.63) is 11.1 Å². The molecule has 1 saturated carbocycles. The average molecular weight is 222 g/mol. The summed E-state index contributed by atoms with van der Waals surface area (Å²) in [7, 11) is 0. The fourth-order valence-corrected chi connectivity index (χ4v) is 3.06. The Bertz CT molecular complexity index is 269. The van der Waals surface area contributed by atoms with E-state index in [-0.39, 0.29) is 0 Å². The molecule has 1 fully saturated rings. The third kappa shape index (κ3) is 2.75. The van der Waals surface area contributed by atoms with Crippen LogP contribution >= 0.6 is 0 Å². The number of allylic oxidation sites excluding steroid dienone is 2. The van der Waals surface area contributed by atoms with Crippen LogP contribution in [0.5, 0.6) is 0 Å². The van der Waals surface area contributed by atoms with E-state index in [2.05, 4.69) is 6.92 Å². The minimum absolute atomic E-state index is 0.401. The zero-order valence-electron chi connectivity index (χ0n) is 11.3. The molecule has 0 aromatic rings. The van der Waals surface area contributed by atoms with Crippen LogP contribution in [-0.4, -0.2) is 5.78 Å². The first-order valence-electron chi connectivity index (χ1n) is 6.90. The summed E-state index contributed by atoms with van der Waals surface area (Å²) in [4.78, 5) is 11.6. The van der Waals surface area contributed by atoms with Gasteiger partial charge >= 0.3 is 0 Å². The van der Waals surface area contributed by atoms with Crippen molar-refractivity contribution in [1.29, 1.82) is 0 Å². The van der Waals surface area contributed by atoms with Crippen molar-refractivity contribution in [2.75, 3.05) is 0 Å². The number of hydrogen-bond acceptors (Lipinski definition) is 1. The van der Waals surface area contributed by atoms with E-state index in [4.69, 9.17) is 0 Å². The lowest BCUT2D eigenvalue weighted by molar-refractivity contribution is -0.115. The predicted molar refractivity (Wildman–Crippen MR) is 69.4 cm³/mol. The molecule has 2 aliphatic carbocycles. The summed E-state index contributed by atoms with van der Waals surface area (Å²) in [5, 5.41) is 0. The molecule has 16 heavy (non-hydrogen) atoms. The molecule has 0 saturated heterocycles. The van der Waals surface area contributed by atoms with Gasteiger partial charge in [-0.1, -0.05) is 38.7 Å². The van der Waals surface area contributed by atoms with Crippen LogP contribution in [0.2, 0.25) is 0 Å². The molecule has 1 atom stereocenters. The first-order valence-corrected chi connectivity index (χ1v) is 6.90. The number of rotatable bonds is 1. The van der Waals surface area contributed by atoms with E-state index >= 15 is 0 Å². The van der Waals surface area contributed by atoms with Gasteiger partial charge in [-0.05, 0) is 44.1 Å². The van der Waals surface area contributed by atoms with E-state index in [1.54, 1.807) is 0 Å². The van der Waals surface area contributed by atoms with Gasteiger partial charge in [-0.2, -0.15) is 0 Å². The van der Waals surface area contributed by atoms with Gasteiger partial charge in [-0.3, -0.25) is 4.79 Å². The normalized spacial score (nSPS) is 26.8. The maximum atomic E-state index is 11.6. The van der Waals surface area contributed by atoms with Gasteiger partial charge in [0.2, 0.25) is 0 Å². The highest BCUT2D eigenvalue weighted by Crippen LogP contribution is 2.40. The van der Waals surface area contributed by atoms with Gasteiger partial charge in [0.25, 0.3) is 0 Å². The van der Waals surface area contributed by atoms with Crippen LogP contribution in [0.4, 0.5) is 0 Å². The minimum atomic E-state index is 0.401. The monoisotopic (exact) mass is 222 g/mol. The highest BCUT2D eigenvalue weighted by Gasteiger charge is 2.33. The second-order valence-electron chi connectivity index (χ2n) is 4.94. The van der Waals surface area contributed by atoms with Crippen LogP contribution in [0, 0.1) is 11.8 Å². The van der Waals surface area contributed by atoms with Crippen LogP contribution in [0.25, 0.3) is 0 Å². The Kier molecular flexibility index (Phi) is 5.24. The zero-order chi connectivity index (χ0) is 12.1. The van der Waals surface area contributed by atoms with Crippen LogP contribution in [0.1, 0.15) is 66.2 Å². The predicted octanol–water partition coefficient (Wildman–Crippen LogP) is 4.52. The quantitative estimate of drug-likeness (QED) is 0.637. The topological polar surface area (TPSA) is 17.1 Å². The number of ketones is 1.